The Balaban J connectivity index is 2.63. The average molecular weight is 270 g/mol. The van der Waals surface area contributed by atoms with Gasteiger partial charge in [0.15, 0.2) is 0 Å². The van der Waals surface area contributed by atoms with Gasteiger partial charge < -0.3 is 10.3 Å². The fraction of sp³-hybridized carbons (Fsp3) is 0.353. The molecular formula is C17H22N2O. The third-order valence-electron chi connectivity index (χ3n) is 3.63. The Kier molecular flexibility index (Phi) is 4.74. The zero-order valence-electron chi connectivity index (χ0n) is 12.2. The van der Waals surface area contributed by atoms with Crippen molar-refractivity contribution in [3.05, 3.63) is 57.9 Å². The normalized spacial score (nSPS) is 10.8. The van der Waals surface area contributed by atoms with Crippen molar-refractivity contribution in [3.8, 4) is 11.3 Å². The van der Waals surface area contributed by atoms with Crippen LogP contribution in [0.25, 0.3) is 11.3 Å². The van der Waals surface area contributed by atoms with E-state index in [1.807, 2.05) is 41.8 Å². The Hall–Kier alpha value is -1.87. The lowest BCUT2D eigenvalue weighted by Crippen LogP contribution is -2.28. The van der Waals surface area contributed by atoms with Crippen LogP contribution >= 0.6 is 0 Å². The van der Waals surface area contributed by atoms with E-state index in [9.17, 15) is 4.79 Å². The first-order chi connectivity index (χ1) is 9.69. The molecule has 0 saturated carbocycles. The summed E-state index contributed by atoms with van der Waals surface area (Å²) in [6.45, 7) is 5.13. The van der Waals surface area contributed by atoms with Gasteiger partial charge in [-0.05, 0) is 30.5 Å². The lowest BCUT2D eigenvalue weighted by atomic mass is 10.0. The van der Waals surface area contributed by atoms with E-state index in [-0.39, 0.29) is 5.56 Å². The largest absolute Gasteiger partial charge is 0.326 e. The van der Waals surface area contributed by atoms with Gasteiger partial charge in [0.05, 0.1) is 5.69 Å². The maximum absolute atomic E-state index is 12.6. The van der Waals surface area contributed by atoms with Crippen LogP contribution in [0.3, 0.4) is 0 Å². The van der Waals surface area contributed by atoms with Gasteiger partial charge in [-0.3, -0.25) is 4.79 Å². The fourth-order valence-corrected chi connectivity index (χ4v) is 2.45. The van der Waals surface area contributed by atoms with Crippen molar-refractivity contribution in [1.29, 1.82) is 0 Å². The van der Waals surface area contributed by atoms with Gasteiger partial charge in [-0.1, -0.05) is 43.7 Å². The van der Waals surface area contributed by atoms with Gasteiger partial charge in [-0.15, -0.1) is 0 Å². The van der Waals surface area contributed by atoms with Crippen LogP contribution in [0.5, 0.6) is 0 Å². The van der Waals surface area contributed by atoms with E-state index < -0.39 is 0 Å². The molecule has 0 aliphatic heterocycles. The highest BCUT2D eigenvalue weighted by Gasteiger charge is 2.12. The maximum Gasteiger partial charge on any atom is 0.255 e. The number of benzene rings is 1. The fourth-order valence-electron chi connectivity index (χ4n) is 2.45. The summed E-state index contributed by atoms with van der Waals surface area (Å²) in [5.74, 6) is 0. The molecule has 1 heterocycles. The first-order valence-electron chi connectivity index (χ1n) is 7.17. The molecule has 0 aliphatic carbocycles. The van der Waals surface area contributed by atoms with E-state index in [4.69, 9.17) is 5.73 Å². The summed E-state index contributed by atoms with van der Waals surface area (Å²) < 4.78 is 1.87. The molecule has 0 radical (unpaired) electrons. The van der Waals surface area contributed by atoms with Crippen molar-refractivity contribution < 1.29 is 0 Å². The van der Waals surface area contributed by atoms with Gasteiger partial charge in [-0.2, -0.15) is 0 Å². The molecule has 0 atom stereocenters. The standard InChI is InChI=1S/C17H22N2O/c1-3-4-10-19-16(14-8-6-5-7-9-14)11-13(2)15(12-18)17(19)20/h5-9,11H,3-4,10,12,18H2,1-2H3. The van der Waals surface area contributed by atoms with Crippen molar-refractivity contribution in [2.45, 2.75) is 39.8 Å². The SMILES string of the molecule is CCCCn1c(-c2ccccc2)cc(C)c(CN)c1=O. The van der Waals surface area contributed by atoms with Gasteiger partial charge in [0, 0.05) is 18.7 Å². The molecule has 2 rings (SSSR count). The monoisotopic (exact) mass is 270 g/mol. The number of pyridine rings is 1. The highest BCUT2D eigenvalue weighted by molar-refractivity contribution is 5.61. The van der Waals surface area contributed by atoms with Crippen LogP contribution in [0.15, 0.2) is 41.2 Å². The van der Waals surface area contributed by atoms with Crippen LogP contribution in [0.4, 0.5) is 0 Å². The number of rotatable bonds is 5. The number of hydrogen-bond donors (Lipinski definition) is 1. The number of nitrogens with two attached hydrogens (primary N) is 1. The second-order valence-corrected chi connectivity index (χ2v) is 5.07. The van der Waals surface area contributed by atoms with Gasteiger partial charge in [-0.25, -0.2) is 0 Å². The molecular weight excluding hydrogens is 248 g/mol. The van der Waals surface area contributed by atoms with Crippen molar-refractivity contribution in [3.63, 3.8) is 0 Å². The van der Waals surface area contributed by atoms with E-state index >= 15 is 0 Å². The van der Waals surface area contributed by atoms with Crippen molar-refractivity contribution in [1.82, 2.24) is 4.57 Å². The first kappa shape index (κ1) is 14.5. The van der Waals surface area contributed by atoms with Crippen LogP contribution in [-0.4, -0.2) is 4.57 Å². The molecule has 106 valence electrons. The molecule has 0 aliphatic rings. The zero-order valence-corrected chi connectivity index (χ0v) is 12.2. The molecule has 3 nitrogen and oxygen atoms in total. The third kappa shape index (κ3) is 2.83. The summed E-state index contributed by atoms with van der Waals surface area (Å²) in [6.07, 6.45) is 2.05. The molecule has 0 saturated heterocycles. The predicted molar refractivity (Wildman–Crippen MR) is 83.7 cm³/mol. The molecule has 0 fully saturated rings. The number of aryl methyl sites for hydroxylation is 1. The summed E-state index contributed by atoms with van der Waals surface area (Å²) >= 11 is 0. The first-order valence-corrected chi connectivity index (χ1v) is 7.17. The third-order valence-corrected chi connectivity index (χ3v) is 3.63. The molecule has 3 heteroatoms. The Morgan fingerprint density at radius 2 is 1.90 bits per heavy atom. The Bertz CT molecular complexity index is 629. The van der Waals surface area contributed by atoms with Crippen LogP contribution in [0, 0.1) is 6.92 Å². The quantitative estimate of drug-likeness (QED) is 0.907. The average Bonchev–Trinajstić information content (AvgIpc) is 2.47. The lowest BCUT2D eigenvalue weighted by molar-refractivity contribution is 0.612. The van der Waals surface area contributed by atoms with Crippen LogP contribution in [0.2, 0.25) is 0 Å². The topological polar surface area (TPSA) is 48.0 Å². The van der Waals surface area contributed by atoms with Gasteiger partial charge >= 0.3 is 0 Å². The minimum Gasteiger partial charge on any atom is -0.326 e. The Labute approximate surface area is 120 Å². The Morgan fingerprint density at radius 1 is 1.20 bits per heavy atom. The maximum atomic E-state index is 12.6. The smallest absolute Gasteiger partial charge is 0.255 e. The van der Waals surface area contributed by atoms with E-state index in [1.54, 1.807) is 0 Å². The molecule has 0 bridgehead atoms. The molecule has 0 spiro atoms. The molecule has 1 aromatic heterocycles. The second-order valence-electron chi connectivity index (χ2n) is 5.07. The van der Waals surface area contributed by atoms with Crippen LogP contribution < -0.4 is 11.3 Å². The van der Waals surface area contributed by atoms with Gasteiger partial charge in [0.1, 0.15) is 0 Å². The van der Waals surface area contributed by atoms with Crippen molar-refractivity contribution in [2.75, 3.05) is 0 Å². The zero-order chi connectivity index (χ0) is 14.5. The van der Waals surface area contributed by atoms with Crippen LogP contribution in [-0.2, 0) is 13.1 Å². The predicted octanol–water partition coefficient (Wildman–Crippen LogP) is 3.08. The van der Waals surface area contributed by atoms with Crippen molar-refractivity contribution in [2.24, 2.45) is 5.73 Å². The number of hydrogen-bond acceptors (Lipinski definition) is 2. The second kappa shape index (κ2) is 6.53. The number of unbranched alkanes of at least 4 members (excludes halogenated alkanes) is 1. The van der Waals surface area contributed by atoms with Crippen molar-refractivity contribution >= 4 is 0 Å². The summed E-state index contributed by atoms with van der Waals surface area (Å²) in [5.41, 5.74) is 9.54. The lowest BCUT2D eigenvalue weighted by Gasteiger charge is -2.16. The minimum atomic E-state index is 0.0554. The molecule has 20 heavy (non-hydrogen) atoms. The van der Waals surface area contributed by atoms with E-state index in [0.717, 1.165) is 41.8 Å². The van der Waals surface area contributed by atoms with Crippen LogP contribution in [0.1, 0.15) is 30.9 Å². The van der Waals surface area contributed by atoms with E-state index in [1.165, 1.54) is 0 Å². The molecule has 2 N–H and O–H groups in total. The van der Waals surface area contributed by atoms with Gasteiger partial charge in [0.2, 0.25) is 0 Å². The number of aromatic nitrogens is 1. The molecule has 1 aromatic carbocycles. The summed E-state index contributed by atoms with van der Waals surface area (Å²) in [5, 5.41) is 0. The molecule has 0 unspecified atom stereocenters. The van der Waals surface area contributed by atoms with E-state index in [0.29, 0.717) is 6.54 Å². The summed E-state index contributed by atoms with van der Waals surface area (Å²) in [6, 6.07) is 12.1. The minimum absolute atomic E-state index is 0.0554. The molecule has 0 amide bonds. The Morgan fingerprint density at radius 3 is 2.50 bits per heavy atom. The van der Waals surface area contributed by atoms with Gasteiger partial charge in [0.25, 0.3) is 5.56 Å². The number of nitrogens with zero attached hydrogens (tertiary/aromatic N) is 1. The summed E-state index contributed by atoms with van der Waals surface area (Å²) in [7, 11) is 0. The van der Waals surface area contributed by atoms with E-state index in [2.05, 4.69) is 13.0 Å². The highest BCUT2D eigenvalue weighted by Crippen LogP contribution is 2.20. The summed E-state index contributed by atoms with van der Waals surface area (Å²) in [4.78, 5) is 12.6. The highest BCUT2D eigenvalue weighted by atomic mass is 16.1. The molecule has 2 aromatic rings.